The number of nitrogens with zero attached hydrogens (tertiary/aromatic N) is 5. The summed E-state index contributed by atoms with van der Waals surface area (Å²) in [5.74, 6) is 0.00824. The van der Waals surface area contributed by atoms with Gasteiger partial charge in [-0.2, -0.15) is 15.5 Å². The number of fused-ring (bicyclic) bond motifs is 2. The van der Waals surface area contributed by atoms with E-state index < -0.39 is 11.2 Å². The molecule has 0 spiro atoms. The molecule has 1 aromatic carbocycles. The van der Waals surface area contributed by atoms with Crippen LogP contribution in [0.4, 0.5) is 0 Å². The Morgan fingerprint density at radius 2 is 1.87 bits per heavy atom. The largest absolute Gasteiger partial charge is 0.395 e. The second kappa shape index (κ2) is 5.33. The lowest BCUT2D eigenvalue weighted by molar-refractivity contribution is 0.278. The van der Waals surface area contributed by atoms with Crippen molar-refractivity contribution in [3.63, 3.8) is 0 Å². The Morgan fingerprint density at radius 3 is 2.52 bits per heavy atom. The Kier molecular flexibility index (Phi) is 3.33. The number of aromatic nitrogens is 4. The first-order valence-electron chi connectivity index (χ1n) is 6.48. The number of hydrogen-bond acceptors (Lipinski definition) is 7. The number of nitrogens with one attached hydrogen (secondary N) is 1. The second-order valence-electron chi connectivity index (χ2n) is 4.64. The first-order chi connectivity index (χ1) is 11.1. The highest BCUT2D eigenvalue weighted by atomic mass is 16.3. The molecule has 112 valence electrons. The maximum atomic E-state index is 11.9. The first-order valence-corrected chi connectivity index (χ1v) is 6.48. The number of nitriles is 2. The molecule has 2 aliphatic heterocycles. The molecule has 2 aliphatic rings. The molecule has 0 unspecified atom stereocenters. The van der Waals surface area contributed by atoms with Crippen molar-refractivity contribution in [2.45, 2.75) is 6.54 Å². The maximum Gasteiger partial charge on any atom is 0.349 e. The average molecular weight is 308 g/mol. The molecule has 3 rings (SSSR count). The van der Waals surface area contributed by atoms with Crippen LogP contribution in [0.2, 0.25) is 0 Å². The zero-order chi connectivity index (χ0) is 16.6. The van der Waals surface area contributed by atoms with Gasteiger partial charge in [0.05, 0.1) is 28.8 Å². The molecule has 2 heterocycles. The van der Waals surface area contributed by atoms with Gasteiger partial charge in [0, 0.05) is 6.54 Å². The van der Waals surface area contributed by atoms with Crippen LogP contribution < -0.4 is 11.2 Å². The fourth-order valence-corrected chi connectivity index (χ4v) is 2.35. The van der Waals surface area contributed by atoms with Crippen molar-refractivity contribution in [2.75, 3.05) is 6.61 Å². The van der Waals surface area contributed by atoms with Gasteiger partial charge in [0.15, 0.2) is 11.5 Å². The van der Waals surface area contributed by atoms with Gasteiger partial charge in [-0.3, -0.25) is 9.78 Å². The number of benzene rings is 1. The van der Waals surface area contributed by atoms with Crippen LogP contribution in [0.5, 0.6) is 0 Å². The number of rotatable bonds is 2. The zero-order valence-electron chi connectivity index (χ0n) is 11.6. The molecule has 9 heteroatoms. The minimum Gasteiger partial charge on any atom is -0.395 e. The lowest BCUT2D eigenvalue weighted by atomic mass is 10.1. The fraction of sp³-hybridized carbons (Fsp3) is 0.143. The molecule has 0 atom stereocenters. The molecule has 1 aromatic rings. The fourth-order valence-electron chi connectivity index (χ4n) is 2.35. The van der Waals surface area contributed by atoms with Crippen molar-refractivity contribution in [3.05, 3.63) is 44.1 Å². The minimum atomic E-state index is -0.829. The van der Waals surface area contributed by atoms with Crippen LogP contribution in [0.1, 0.15) is 11.1 Å². The lowest BCUT2D eigenvalue weighted by Crippen LogP contribution is -2.29. The summed E-state index contributed by atoms with van der Waals surface area (Å²) in [4.78, 5) is 33.3. The van der Waals surface area contributed by atoms with Crippen molar-refractivity contribution in [1.29, 1.82) is 10.5 Å². The van der Waals surface area contributed by atoms with Gasteiger partial charge in [0.2, 0.25) is 0 Å². The average Bonchev–Trinajstić information content (AvgIpc) is 2.54. The van der Waals surface area contributed by atoms with Crippen LogP contribution in [0.3, 0.4) is 0 Å². The summed E-state index contributed by atoms with van der Waals surface area (Å²) in [7, 11) is 0. The lowest BCUT2D eigenvalue weighted by Gasteiger charge is -2.16. The van der Waals surface area contributed by atoms with Crippen molar-refractivity contribution < 1.29 is 5.11 Å². The highest BCUT2D eigenvalue weighted by Crippen LogP contribution is 2.23. The van der Waals surface area contributed by atoms with Gasteiger partial charge < -0.3 is 9.67 Å². The summed E-state index contributed by atoms with van der Waals surface area (Å²) in [6, 6.07) is 6.59. The zero-order valence-corrected chi connectivity index (χ0v) is 11.6. The Labute approximate surface area is 128 Å². The molecule has 0 saturated heterocycles. The smallest absolute Gasteiger partial charge is 0.349 e. The predicted octanol–water partition coefficient (Wildman–Crippen LogP) is -0.680. The van der Waals surface area contributed by atoms with E-state index in [0.29, 0.717) is 5.52 Å². The first kappa shape index (κ1) is 14.4. The van der Waals surface area contributed by atoms with Gasteiger partial charge in [-0.05, 0) is 12.1 Å². The van der Waals surface area contributed by atoms with E-state index in [2.05, 4.69) is 9.97 Å². The molecule has 0 bridgehead atoms. The van der Waals surface area contributed by atoms with E-state index in [1.807, 2.05) is 17.1 Å². The van der Waals surface area contributed by atoms with Gasteiger partial charge in [-0.1, -0.05) is 0 Å². The summed E-state index contributed by atoms with van der Waals surface area (Å²) in [5.41, 5.74) is -0.709. The van der Waals surface area contributed by atoms with Crippen molar-refractivity contribution in [3.8, 4) is 23.7 Å². The Balaban J connectivity index is 2.57. The molecule has 0 aromatic heterocycles. The van der Waals surface area contributed by atoms with Crippen molar-refractivity contribution >= 4 is 11.0 Å². The molecule has 0 amide bonds. The standard InChI is InChI=1S/C14H8N6O3/c15-5-7-3-9-10(4-8(7)6-16)20(1-2-21)12-11(17-9)13(22)19-14(23)18-12/h3-4,21H,1-2H2,(H,19,22,23). The predicted molar refractivity (Wildman–Crippen MR) is 77.6 cm³/mol. The molecule has 2 N–H and O–H groups in total. The van der Waals surface area contributed by atoms with E-state index in [1.165, 1.54) is 16.7 Å². The van der Waals surface area contributed by atoms with Crippen LogP contribution in [0.25, 0.3) is 22.6 Å². The van der Waals surface area contributed by atoms with Crippen LogP contribution in [0, 0.1) is 22.7 Å². The van der Waals surface area contributed by atoms with E-state index in [4.69, 9.17) is 10.5 Å². The van der Waals surface area contributed by atoms with Crippen LogP contribution >= 0.6 is 0 Å². The van der Waals surface area contributed by atoms with E-state index >= 15 is 0 Å². The molecule has 0 fully saturated rings. The number of aliphatic hydroxyl groups excluding tert-OH is 1. The molecule has 0 saturated carbocycles. The third kappa shape index (κ3) is 2.21. The van der Waals surface area contributed by atoms with E-state index in [9.17, 15) is 14.7 Å². The Morgan fingerprint density at radius 1 is 1.17 bits per heavy atom. The minimum absolute atomic E-state index is 0.00824. The molecule has 23 heavy (non-hydrogen) atoms. The van der Waals surface area contributed by atoms with E-state index in [0.717, 1.165) is 0 Å². The highest BCUT2D eigenvalue weighted by molar-refractivity contribution is 5.82. The second-order valence-corrected chi connectivity index (χ2v) is 4.64. The number of H-pyrrole nitrogens is 1. The van der Waals surface area contributed by atoms with Crippen LogP contribution in [0.15, 0.2) is 21.7 Å². The number of aromatic amines is 1. The van der Waals surface area contributed by atoms with Crippen LogP contribution in [-0.4, -0.2) is 31.2 Å². The monoisotopic (exact) mass is 308 g/mol. The SMILES string of the molecule is N#Cc1cc2nc3c(=O)[nH]c(=O)nc-3n(CCO)c2cc1C#N. The summed E-state index contributed by atoms with van der Waals surface area (Å²) in [5, 5.41) is 27.5. The highest BCUT2D eigenvalue weighted by Gasteiger charge is 2.19. The van der Waals surface area contributed by atoms with Gasteiger partial charge in [-0.25, -0.2) is 9.78 Å². The molecule has 0 aliphatic carbocycles. The summed E-state index contributed by atoms with van der Waals surface area (Å²) >= 11 is 0. The Hall–Kier alpha value is -3.56. The van der Waals surface area contributed by atoms with Crippen molar-refractivity contribution in [2.24, 2.45) is 0 Å². The van der Waals surface area contributed by atoms with Gasteiger partial charge in [0.25, 0.3) is 5.56 Å². The van der Waals surface area contributed by atoms with Crippen molar-refractivity contribution in [1.82, 2.24) is 19.5 Å². The summed E-state index contributed by atoms with van der Waals surface area (Å²) in [6.07, 6.45) is 0. The molecular weight excluding hydrogens is 300 g/mol. The summed E-state index contributed by atoms with van der Waals surface area (Å²) in [6.45, 7) is -0.231. The maximum absolute atomic E-state index is 11.9. The normalized spacial score (nSPS) is 10.6. The Bertz CT molecular complexity index is 1100. The third-order valence-electron chi connectivity index (χ3n) is 3.31. The number of hydrogen-bond donors (Lipinski definition) is 2. The molecule has 0 radical (unpaired) electrons. The topological polar surface area (TPSA) is 148 Å². The van der Waals surface area contributed by atoms with Gasteiger partial charge in [0.1, 0.15) is 12.1 Å². The van der Waals surface area contributed by atoms with Gasteiger partial charge >= 0.3 is 5.69 Å². The van der Waals surface area contributed by atoms with E-state index in [-0.39, 0.29) is 41.3 Å². The number of aliphatic hydroxyl groups is 1. The molecular formula is C14H8N6O3. The van der Waals surface area contributed by atoms with E-state index in [1.54, 1.807) is 0 Å². The quantitative estimate of drug-likeness (QED) is 0.595. The third-order valence-corrected chi connectivity index (χ3v) is 3.31. The van der Waals surface area contributed by atoms with Crippen LogP contribution in [-0.2, 0) is 6.54 Å². The summed E-state index contributed by atoms with van der Waals surface area (Å²) < 4.78 is 1.43. The van der Waals surface area contributed by atoms with Gasteiger partial charge in [-0.15, -0.1) is 0 Å². The molecule has 9 nitrogen and oxygen atoms in total.